The molecule has 0 aliphatic rings. The Hall–Kier alpha value is -2.00. The van der Waals surface area contributed by atoms with Gasteiger partial charge in [0.25, 0.3) is 0 Å². The van der Waals surface area contributed by atoms with Crippen LogP contribution in [-0.2, 0) is 6.42 Å². The highest BCUT2D eigenvalue weighted by molar-refractivity contribution is 6.31. The molecule has 2 rings (SSSR count). The van der Waals surface area contributed by atoms with Crippen molar-refractivity contribution in [3.05, 3.63) is 58.6 Å². The van der Waals surface area contributed by atoms with E-state index in [0.29, 0.717) is 35.0 Å². The van der Waals surface area contributed by atoms with Crippen LogP contribution in [0, 0.1) is 0 Å². The number of rotatable bonds is 6. The molecule has 4 heteroatoms. The molecule has 0 aliphatic heterocycles. The minimum absolute atomic E-state index is 0.391. The first-order chi connectivity index (χ1) is 9.74. The molecule has 0 aliphatic carbocycles. The lowest BCUT2D eigenvalue weighted by Crippen LogP contribution is -2.05. The van der Waals surface area contributed by atoms with Gasteiger partial charge in [-0.05, 0) is 11.6 Å². The van der Waals surface area contributed by atoms with Gasteiger partial charge in [-0.2, -0.15) is 0 Å². The van der Waals surface area contributed by atoms with Gasteiger partial charge in [-0.1, -0.05) is 41.9 Å². The number of methoxy groups -OCH3 is 1. The summed E-state index contributed by atoms with van der Waals surface area (Å²) in [6.45, 7) is 0.461. The van der Waals surface area contributed by atoms with Crippen LogP contribution in [0.5, 0.6) is 11.5 Å². The Morgan fingerprint density at radius 2 is 1.95 bits per heavy atom. The molecule has 0 saturated heterocycles. The molecular weight excluding hydrogens is 276 g/mol. The van der Waals surface area contributed by atoms with Crippen LogP contribution in [0.4, 0.5) is 0 Å². The van der Waals surface area contributed by atoms with Crippen LogP contribution in [0.25, 0.3) is 0 Å². The van der Waals surface area contributed by atoms with Gasteiger partial charge in [-0.25, -0.2) is 0 Å². The second-order valence-electron chi connectivity index (χ2n) is 4.23. The molecule has 0 N–H and O–H groups in total. The number of halogens is 1. The lowest BCUT2D eigenvalue weighted by molar-refractivity contribution is 0.111. The van der Waals surface area contributed by atoms with Gasteiger partial charge in [0.2, 0.25) is 0 Å². The summed E-state index contributed by atoms with van der Waals surface area (Å²) in [4.78, 5) is 11.1. The van der Waals surface area contributed by atoms with Crippen LogP contribution in [0.2, 0.25) is 5.02 Å². The van der Waals surface area contributed by atoms with E-state index in [1.54, 1.807) is 12.1 Å². The molecule has 0 saturated carbocycles. The Kier molecular flexibility index (Phi) is 5.02. The fourth-order valence-corrected chi connectivity index (χ4v) is 2.11. The Labute approximate surface area is 123 Å². The highest BCUT2D eigenvalue weighted by Gasteiger charge is 2.12. The van der Waals surface area contributed by atoms with Gasteiger partial charge in [-0.15, -0.1) is 0 Å². The summed E-state index contributed by atoms with van der Waals surface area (Å²) in [6.07, 6.45) is 1.47. The van der Waals surface area contributed by atoms with Crippen LogP contribution >= 0.6 is 11.6 Å². The Bertz CT molecular complexity index is 582. The quantitative estimate of drug-likeness (QED) is 0.760. The lowest BCUT2D eigenvalue weighted by atomic mass is 10.1. The summed E-state index contributed by atoms with van der Waals surface area (Å²) in [7, 11) is 1.52. The van der Waals surface area contributed by atoms with Crippen LogP contribution in [0.15, 0.2) is 42.5 Å². The molecule has 0 fully saturated rings. The SMILES string of the molecule is COc1cc(Cl)cc(C=O)c1OCCc1ccccc1. The summed E-state index contributed by atoms with van der Waals surface area (Å²) in [5.41, 5.74) is 1.57. The Morgan fingerprint density at radius 1 is 1.20 bits per heavy atom. The van der Waals surface area contributed by atoms with Crippen molar-refractivity contribution in [2.45, 2.75) is 6.42 Å². The van der Waals surface area contributed by atoms with Crippen molar-refractivity contribution in [3.8, 4) is 11.5 Å². The molecule has 0 heterocycles. The molecule has 0 radical (unpaired) electrons. The van der Waals surface area contributed by atoms with Crippen molar-refractivity contribution in [1.29, 1.82) is 0 Å². The average Bonchev–Trinajstić information content (AvgIpc) is 2.49. The number of carbonyl (C=O) groups is 1. The Balaban J connectivity index is 2.10. The molecule has 0 aromatic heterocycles. The smallest absolute Gasteiger partial charge is 0.171 e. The topological polar surface area (TPSA) is 35.5 Å². The van der Waals surface area contributed by atoms with Crippen LogP contribution in [0.1, 0.15) is 15.9 Å². The zero-order chi connectivity index (χ0) is 14.4. The maximum absolute atomic E-state index is 11.1. The first-order valence-corrected chi connectivity index (χ1v) is 6.62. The molecule has 0 spiro atoms. The normalized spacial score (nSPS) is 10.1. The van der Waals surface area contributed by atoms with Gasteiger partial charge in [0, 0.05) is 17.5 Å². The molecule has 0 atom stereocenters. The zero-order valence-electron chi connectivity index (χ0n) is 11.1. The van der Waals surface area contributed by atoms with Crippen molar-refractivity contribution < 1.29 is 14.3 Å². The lowest BCUT2D eigenvalue weighted by Gasteiger charge is -2.13. The van der Waals surface area contributed by atoms with Gasteiger partial charge in [0.15, 0.2) is 17.8 Å². The third-order valence-electron chi connectivity index (χ3n) is 2.88. The highest BCUT2D eigenvalue weighted by Crippen LogP contribution is 2.33. The molecule has 2 aromatic rings. The third kappa shape index (κ3) is 3.52. The average molecular weight is 291 g/mol. The van der Waals surface area contributed by atoms with Crippen molar-refractivity contribution in [2.24, 2.45) is 0 Å². The third-order valence-corrected chi connectivity index (χ3v) is 3.09. The summed E-state index contributed by atoms with van der Waals surface area (Å²) in [6, 6.07) is 13.2. The van der Waals surface area contributed by atoms with Gasteiger partial charge in [0.05, 0.1) is 19.3 Å². The van der Waals surface area contributed by atoms with E-state index in [4.69, 9.17) is 21.1 Å². The Morgan fingerprint density at radius 3 is 2.60 bits per heavy atom. The van der Waals surface area contributed by atoms with E-state index >= 15 is 0 Å². The van der Waals surface area contributed by atoms with E-state index in [1.165, 1.54) is 12.7 Å². The summed E-state index contributed by atoms with van der Waals surface area (Å²) < 4.78 is 10.9. The van der Waals surface area contributed by atoms with Crippen molar-refractivity contribution in [3.63, 3.8) is 0 Å². The van der Waals surface area contributed by atoms with Crippen LogP contribution in [0.3, 0.4) is 0 Å². The van der Waals surface area contributed by atoms with Crippen molar-refractivity contribution in [2.75, 3.05) is 13.7 Å². The maximum atomic E-state index is 11.1. The molecule has 3 nitrogen and oxygen atoms in total. The second-order valence-corrected chi connectivity index (χ2v) is 4.66. The van der Waals surface area contributed by atoms with E-state index in [2.05, 4.69) is 0 Å². The van der Waals surface area contributed by atoms with Gasteiger partial charge in [0.1, 0.15) is 0 Å². The molecule has 0 bridgehead atoms. The van der Waals surface area contributed by atoms with E-state index in [0.717, 1.165) is 6.42 Å². The number of benzene rings is 2. The molecule has 0 unspecified atom stereocenters. The summed E-state index contributed by atoms with van der Waals surface area (Å²) in [5, 5.41) is 0.444. The first kappa shape index (κ1) is 14.4. The van der Waals surface area contributed by atoms with Gasteiger partial charge in [-0.3, -0.25) is 4.79 Å². The zero-order valence-corrected chi connectivity index (χ0v) is 11.9. The highest BCUT2D eigenvalue weighted by atomic mass is 35.5. The minimum atomic E-state index is 0.391. The number of hydrogen-bond acceptors (Lipinski definition) is 3. The molecule has 20 heavy (non-hydrogen) atoms. The van der Waals surface area contributed by atoms with E-state index in [9.17, 15) is 4.79 Å². The molecule has 104 valence electrons. The second kappa shape index (κ2) is 6.96. The minimum Gasteiger partial charge on any atom is -0.493 e. The van der Waals surface area contributed by atoms with Crippen LogP contribution in [-0.4, -0.2) is 20.0 Å². The van der Waals surface area contributed by atoms with Crippen molar-refractivity contribution >= 4 is 17.9 Å². The fourth-order valence-electron chi connectivity index (χ4n) is 1.90. The largest absolute Gasteiger partial charge is 0.493 e. The monoisotopic (exact) mass is 290 g/mol. The fraction of sp³-hybridized carbons (Fsp3) is 0.188. The van der Waals surface area contributed by atoms with Gasteiger partial charge < -0.3 is 9.47 Å². The van der Waals surface area contributed by atoms with Crippen LogP contribution < -0.4 is 9.47 Å². The molecule has 2 aromatic carbocycles. The number of aldehydes is 1. The molecule has 0 amide bonds. The van der Waals surface area contributed by atoms with E-state index in [1.807, 2.05) is 30.3 Å². The number of hydrogen-bond donors (Lipinski definition) is 0. The van der Waals surface area contributed by atoms with Crippen molar-refractivity contribution in [1.82, 2.24) is 0 Å². The summed E-state index contributed by atoms with van der Waals surface area (Å²) >= 11 is 5.91. The first-order valence-electron chi connectivity index (χ1n) is 6.24. The number of ether oxygens (including phenoxy) is 2. The van der Waals surface area contributed by atoms with E-state index in [-0.39, 0.29) is 0 Å². The van der Waals surface area contributed by atoms with Gasteiger partial charge >= 0.3 is 0 Å². The number of carbonyl (C=O) groups excluding carboxylic acids is 1. The predicted molar refractivity (Wildman–Crippen MR) is 79.0 cm³/mol. The standard InChI is InChI=1S/C16H15ClO3/c1-19-15-10-14(17)9-13(11-18)16(15)20-8-7-12-5-3-2-4-6-12/h2-6,9-11H,7-8H2,1H3. The predicted octanol–water partition coefficient (Wildman–Crippen LogP) is 3.78. The summed E-state index contributed by atoms with van der Waals surface area (Å²) in [5.74, 6) is 0.899. The molecular formula is C16H15ClO3. The van der Waals surface area contributed by atoms with E-state index < -0.39 is 0 Å². The maximum Gasteiger partial charge on any atom is 0.171 e.